The lowest BCUT2D eigenvalue weighted by Crippen LogP contribution is -2.65. The van der Waals surface area contributed by atoms with E-state index in [0.717, 1.165) is 27.8 Å². The number of carbonyl (C=O) groups excluding carboxylic acids is 2. The Labute approximate surface area is 277 Å². The van der Waals surface area contributed by atoms with Crippen LogP contribution in [0, 0.1) is 17.3 Å². The van der Waals surface area contributed by atoms with Crippen molar-refractivity contribution in [1.82, 2.24) is 9.80 Å². The Kier molecular flexibility index (Phi) is 8.22. The second kappa shape index (κ2) is 11.9. The van der Waals surface area contributed by atoms with Crippen LogP contribution < -0.4 is 0 Å². The van der Waals surface area contributed by atoms with Crippen LogP contribution in [0.5, 0.6) is 0 Å². The molecule has 0 spiro atoms. The molecule has 48 heavy (non-hydrogen) atoms. The number of halogens is 5. The normalized spacial score (nSPS) is 31.2. The number of aliphatic hydroxyl groups is 1. The third-order valence-electron chi connectivity index (χ3n) is 12.2. The molecular weight excluding hydrogens is 627 g/mol. The zero-order chi connectivity index (χ0) is 34.1. The Bertz CT molecular complexity index is 1640. The number of hydrogen-bond donors (Lipinski definition) is 1. The standard InChI is InChI=1S/C38H41F5N2O3/c1-35-22-31(25-9-7-24(8-10-25)23-44-17-19-45(20-18-44)34(47)26-5-3-2-4-6-26)33-29-14-12-28(46)21-27(29)11-13-30(33)32(35)15-16-36(35,48)37(39,40)38(41,42)43/h2-10,21,30-32,48H,11-20,22-23H2,1H3/t30?,31-,32?,35+,36+/m1/s1. The van der Waals surface area contributed by atoms with E-state index in [9.17, 15) is 27.9 Å². The number of carbonyl (C=O) groups is 2. The zero-order valence-electron chi connectivity index (χ0n) is 27.0. The summed E-state index contributed by atoms with van der Waals surface area (Å²) in [5.74, 6) is -6.42. The number of fused-ring (bicyclic) bond motifs is 4. The number of benzene rings is 2. The zero-order valence-corrected chi connectivity index (χ0v) is 27.0. The Balaban J connectivity index is 1.15. The summed E-state index contributed by atoms with van der Waals surface area (Å²) in [5, 5.41) is 11.5. The molecule has 5 atom stereocenters. The molecule has 2 aromatic carbocycles. The van der Waals surface area contributed by atoms with Gasteiger partial charge in [0, 0.05) is 56.0 Å². The maximum Gasteiger partial charge on any atom is 0.456 e. The highest BCUT2D eigenvalue weighted by atomic mass is 19.4. The number of allylic oxidation sites excluding steroid dienone is 4. The number of piperazine rings is 1. The van der Waals surface area contributed by atoms with Gasteiger partial charge in [0.05, 0.1) is 0 Å². The minimum Gasteiger partial charge on any atom is -0.383 e. The Hall–Kier alpha value is -3.37. The summed E-state index contributed by atoms with van der Waals surface area (Å²) in [4.78, 5) is 29.3. The fourth-order valence-electron chi connectivity index (χ4n) is 9.70. The number of amides is 1. The molecule has 0 aromatic heterocycles. The van der Waals surface area contributed by atoms with Crippen LogP contribution in [0.25, 0.3) is 0 Å². The second-order valence-electron chi connectivity index (χ2n) is 14.6. The third-order valence-corrected chi connectivity index (χ3v) is 12.2. The molecule has 5 aliphatic rings. The van der Waals surface area contributed by atoms with E-state index in [0.29, 0.717) is 64.0 Å². The molecular formula is C38H41F5N2O3. The van der Waals surface area contributed by atoms with E-state index in [4.69, 9.17) is 0 Å². The second-order valence-corrected chi connectivity index (χ2v) is 14.6. The maximum absolute atomic E-state index is 15.3. The van der Waals surface area contributed by atoms with Gasteiger partial charge < -0.3 is 10.0 Å². The van der Waals surface area contributed by atoms with Crippen LogP contribution in [-0.4, -0.2) is 70.5 Å². The quantitative estimate of drug-likeness (QED) is 0.336. The number of nitrogens with zero attached hydrogens (tertiary/aromatic N) is 2. The molecule has 3 fully saturated rings. The number of alkyl halides is 5. The summed E-state index contributed by atoms with van der Waals surface area (Å²) < 4.78 is 72.1. The van der Waals surface area contributed by atoms with Crippen molar-refractivity contribution in [1.29, 1.82) is 0 Å². The molecule has 1 N–H and O–H groups in total. The Morgan fingerprint density at radius 1 is 0.917 bits per heavy atom. The molecule has 1 amide bonds. The van der Waals surface area contributed by atoms with Crippen molar-refractivity contribution in [2.24, 2.45) is 17.3 Å². The molecule has 256 valence electrons. The fraction of sp³-hybridized carbons (Fsp3) is 0.526. The van der Waals surface area contributed by atoms with Gasteiger partial charge in [-0.2, -0.15) is 22.0 Å². The monoisotopic (exact) mass is 668 g/mol. The van der Waals surface area contributed by atoms with Gasteiger partial charge in [0.15, 0.2) is 5.78 Å². The molecule has 2 aromatic rings. The fourth-order valence-corrected chi connectivity index (χ4v) is 9.70. The average Bonchev–Trinajstić information content (AvgIpc) is 3.35. The smallest absolute Gasteiger partial charge is 0.383 e. The SMILES string of the molecule is C[C@]12C[C@H](c3ccc(CN4CCN(C(=O)c5ccccc5)CC4)cc3)C3=C4CCC(=O)C=C4CCC3C1CC[C@@]2(O)C(F)(F)C(F)(F)F. The molecule has 2 saturated carbocycles. The van der Waals surface area contributed by atoms with E-state index in [-0.39, 0.29) is 30.4 Å². The first-order valence-corrected chi connectivity index (χ1v) is 17.0. The highest BCUT2D eigenvalue weighted by molar-refractivity contribution is 5.94. The molecule has 5 nitrogen and oxygen atoms in total. The van der Waals surface area contributed by atoms with Crippen molar-refractivity contribution < 1.29 is 36.6 Å². The number of ketones is 1. The van der Waals surface area contributed by atoms with E-state index < -0.39 is 41.4 Å². The minimum absolute atomic E-state index is 0.0156. The van der Waals surface area contributed by atoms with Crippen LogP contribution >= 0.6 is 0 Å². The van der Waals surface area contributed by atoms with Gasteiger partial charge in [-0.15, -0.1) is 0 Å². The van der Waals surface area contributed by atoms with Crippen LogP contribution in [0.2, 0.25) is 0 Å². The summed E-state index contributed by atoms with van der Waals surface area (Å²) in [6.07, 6.45) is -2.73. The van der Waals surface area contributed by atoms with Gasteiger partial charge in [-0.05, 0) is 90.8 Å². The van der Waals surface area contributed by atoms with Crippen molar-refractivity contribution in [3.63, 3.8) is 0 Å². The molecule has 7 rings (SSSR count). The first-order chi connectivity index (χ1) is 22.7. The molecule has 10 heteroatoms. The van der Waals surface area contributed by atoms with Gasteiger partial charge in [-0.25, -0.2) is 0 Å². The first kappa shape index (κ1) is 33.1. The predicted molar refractivity (Wildman–Crippen MR) is 170 cm³/mol. The molecule has 1 heterocycles. The topological polar surface area (TPSA) is 60.9 Å². The lowest BCUT2D eigenvalue weighted by Gasteiger charge is -2.56. The van der Waals surface area contributed by atoms with Crippen LogP contribution in [-0.2, 0) is 11.3 Å². The average molecular weight is 669 g/mol. The summed E-state index contributed by atoms with van der Waals surface area (Å²) in [6.45, 7) is 4.73. The highest BCUT2D eigenvalue weighted by Gasteiger charge is 2.79. The van der Waals surface area contributed by atoms with Crippen LogP contribution in [0.15, 0.2) is 77.4 Å². The van der Waals surface area contributed by atoms with Crippen LogP contribution in [0.4, 0.5) is 22.0 Å². The first-order valence-electron chi connectivity index (χ1n) is 17.0. The third kappa shape index (κ3) is 5.25. The van der Waals surface area contributed by atoms with Gasteiger partial charge in [-0.3, -0.25) is 14.5 Å². The van der Waals surface area contributed by atoms with Crippen molar-refractivity contribution in [2.45, 2.75) is 82.0 Å². The van der Waals surface area contributed by atoms with Crippen molar-refractivity contribution in [3.8, 4) is 0 Å². The molecule has 1 aliphatic heterocycles. The summed E-state index contributed by atoms with van der Waals surface area (Å²) in [7, 11) is 0. The Morgan fingerprint density at radius 2 is 1.60 bits per heavy atom. The highest BCUT2D eigenvalue weighted by Crippen LogP contribution is 2.70. The van der Waals surface area contributed by atoms with E-state index in [1.807, 2.05) is 59.5 Å². The summed E-state index contributed by atoms with van der Waals surface area (Å²) >= 11 is 0. The predicted octanol–water partition coefficient (Wildman–Crippen LogP) is 7.47. The summed E-state index contributed by atoms with van der Waals surface area (Å²) in [5.41, 5.74) is 0.711. The lowest BCUT2D eigenvalue weighted by atomic mass is 9.50. The van der Waals surface area contributed by atoms with Gasteiger partial charge in [0.25, 0.3) is 5.91 Å². The van der Waals surface area contributed by atoms with E-state index in [2.05, 4.69) is 4.90 Å². The van der Waals surface area contributed by atoms with Crippen molar-refractivity contribution in [2.75, 3.05) is 26.2 Å². The Morgan fingerprint density at radius 3 is 2.27 bits per heavy atom. The van der Waals surface area contributed by atoms with Gasteiger partial charge in [0.2, 0.25) is 0 Å². The summed E-state index contributed by atoms with van der Waals surface area (Å²) in [6, 6.07) is 17.1. The molecule has 0 radical (unpaired) electrons. The minimum atomic E-state index is -5.87. The number of hydrogen-bond acceptors (Lipinski definition) is 4. The largest absolute Gasteiger partial charge is 0.456 e. The molecule has 0 bridgehead atoms. The van der Waals surface area contributed by atoms with Crippen LogP contribution in [0.1, 0.15) is 79.3 Å². The van der Waals surface area contributed by atoms with Gasteiger partial charge in [0.1, 0.15) is 5.60 Å². The van der Waals surface area contributed by atoms with Crippen molar-refractivity contribution >= 4 is 11.7 Å². The lowest BCUT2D eigenvalue weighted by molar-refractivity contribution is -0.362. The maximum atomic E-state index is 15.3. The molecule has 4 aliphatic carbocycles. The molecule has 2 unspecified atom stereocenters. The van der Waals surface area contributed by atoms with E-state index in [1.54, 1.807) is 6.08 Å². The van der Waals surface area contributed by atoms with E-state index in [1.165, 1.54) is 6.92 Å². The van der Waals surface area contributed by atoms with Gasteiger partial charge in [-0.1, -0.05) is 55.0 Å². The molecule has 1 saturated heterocycles. The van der Waals surface area contributed by atoms with E-state index >= 15 is 8.78 Å². The number of rotatable bonds is 5. The van der Waals surface area contributed by atoms with Crippen LogP contribution in [0.3, 0.4) is 0 Å². The van der Waals surface area contributed by atoms with Gasteiger partial charge >= 0.3 is 12.1 Å². The van der Waals surface area contributed by atoms with Crippen molar-refractivity contribution in [3.05, 3.63) is 94.1 Å².